The van der Waals surface area contributed by atoms with E-state index in [0.29, 0.717) is 12.1 Å². The monoisotopic (exact) mass is 456 g/mol. The van der Waals surface area contributed by atoms with Gasteiger partial charge in [-0.15, -0.1) is 0 Å². The van der Waals surface area contributed by atoms with Crippen molar-refractivity contribution in [3.8, 4) is 0 Å². The third-order valence-electron chi connectivity index (χ3n) is 3.05. The van der Waals surface area contributed by atoms with Crippen LogP contribution in [0.25, 0.3) is 0 Å². The van der Waals surface area contributed by atoms with E-state index in [1.807, 2.05) is 0 Å². The van der Waals surface area contributed by atoms with Gasteiger partial charge in [0, 0.05) is 0 Å². The average Bonchev–Trinajstić information content (AvgIpc) is 2.61. The first-order valence-corrected chi connectivity index (χ1v) is 8.39. The molecule has 0 aliphatic carbocycles. The first-order valence-electron chi connectivity index (χ1n) is 6.95. The molecule has 0 spiro atoms. The molecule has 0 saturated carbocycles. The second-order valence-electron chi connectivity index (χ2n) is 4.98. The summed E-state index contributed by atoms with van der Waals surface area (Å²) in [6.45, 7) is 0. The maximum absolute atomic E-state index is 10.8. The Morgan fingerprint density at radius 1 is 0.667 bits per heavy atom. The van der Waals surface area contributed by atoms with Gasteiger partial charge in [0.2, 0.25) is 0 Å². The van der Waals surface area contributed by atoms with E-state index in [2.05, 4.69) is 0 Å². The molecule has 0 unspecified atom stereocenters. The molecule has 148 valence electrons. The number of hydrogen-bond acceptors (Lipinski definition) is 8. The summed E-state index contributed by atoms with van der Waals surface area (Å²) >= 11 is 0. The van der Waals surface area contributed by atoms with Gasteiger partial charge in [0.05, 0.1) is 28.0 Å². The fraction of sp³-hybridized carbons (Fsp3) is 0. The minimum Gasteiger partial charge on any atom is -0.545 e. The van der Waals surface area contributed by atoms with Crippen LogP contribution < -0.4 is 69.3 Å². The maximum atomic E-state index is 10.8. The van der Waals surface area contributed by atoms with Gasteiger partial charge in [-0.25, -0.2) is 9.59 Å². The SMILES string of the molecule is O=C(O)c1cc(C(=O)O)cc(S(=O)(=O)O)c1.O=C([O-])c1ccc(C(=O)[O-])cc1.[Na+].[Na+]. The number of benzene rings is 2. The molecule has 11 nitrogen and oxygen atoms in total. The van der Waals surface area contributed by atoms with E-state index in [9.17, 15) is 37.8 Å². The largest absolute Gasteiger partial charge is 1.00 e. The minimum atomic E-state index is -4.64. The summed E-state index contributed by atoms with van der Waals surface area (Å²) in [4.78, 5) is 40.8. The van der Waals surface area contributed by atoms with Crippen molar-refractivity contribution < 1.29 is 112 Å². The standard InChI is InChI=1S/C8H6O7S.C8H6O4.2Na/c9-7(10)4-1-5(8(11)12)3-6(2-4)16(13,14)15;9-7(10)5-1-2-6(4-3-5)8(11)12;;/h1-3H,(H,9,10)(H,11,12)(H,13,14,15);1-4H,(H,9,10)(H,11,12);;/q;;2*+1/p-2. The molecule has 0 amide bonds. The second kappa shape index (κ2) is 12.8. The average molecular weight is 456 g/mol. The number of aromatic carboxylic acids is 4. The third-order valence-corrected chi connectivity index (χ3v) is 3.89. The van der Waals surface area contributed by atoms with Crippen LogP contribution in [0.1, 0.15) is 41.4 Å². The normalized spacial score (nSPS) is 9.63. The summed E-state index contributed by atoms with van der Waals surface area (Å²) in [5, 5.41) is 37.6. The number of carboxylic acids is 4. The molecule has 14 heteroatoms. The van der Waals surface area contributed by atoms with Crippen LogP contribution in [-0.4, -0.2) is 47.1 Å². The van der Waals surface area contributed by atoms with Gasteiger partial charge in [-0.2, -0.15) is 8.42 Å². The van der Waals surface area contributed by atoms with Crippen LogP contribution >= 0.6 is 0 Å². The van der Waals surface area contributed by atoms with Gasteiger partial charge in [-0.05, 0) is 29.3 Å². The van der Waals surface area contributed by atoms with Crippen LogP contribution in [0.2, 0.25) is 0 Å². The molecule has 2 aromatic carbocycles. The Kier molecular flexibility index (Phi) is 13.0. The Bertz CT molecular complexity index is 982. The zero-order valence-electron chi connectivity index (χ0n) is 15.6. The molecule has 0 aromatic heterocycles. The van der Waals surface area contributed by atoms with Crippen molar-refractivity contribution >= 4 is 34.0 Å². The summed E-state index contributed by atoms with van der Waals surface area (Å²) in [6.07, 6.45) is 0. The number of carboxylic acid groups (broad SMARTS) is 4. The topological polar surface area (TPSA) is 209 Å². The summed E-state index contributed by atoms with van der Waals surface area (Å²) in [6, 6.07) is 6.75. The van der Waals surface area contributed by atoms with Gasteiger partial charge in [0.15, 0.2) is 0 Å². The quantitative estimate of drug-likeness (QED) is 0.284. The van der Waals surface area contributed by atoms with Crippen molar-refractivity contribution in [1.82, 2.24) is 0 Å². The van der Waals surface area contributed by atoms with Crippen molar-refractivity contribution in [3.63, 3.8) is 0 Å². The number of carbonyl (C=O) groups is 4. The molecule has 2 aromatic rings. The summed E-state index contributed by atoms with van der Waals surface area (Å²) in [5.74, 6) is -5.65. The summed E-state index contributed by atoms with van der Waals surface area (Å²) in [7, 11) is -4.64. The van der Waals surface area contributed by atoms with Crippen molar-refractivity contribution in [3.05, 3.63) is 64.7 Å². The number of carbonyl (C=O) groups excluding carboxylic acids is 2. The Morgan fingerprint density at radius 2 is 0.967 bits per heavy atom. The molecule has 3 N–H and O–H groups in total. The smallest absolute Gasteiger partial charge is 0.545 e. The van der Waals surface area contributed by atoms with E-state index < -0.39 is 50.0 Å². The Morgan fingerprint density at radius 3 is 1.17 bits per heavy atom. The van der Waals surface area contributed by atoms with Gasteiger partial charge in [0.1, 0.15) is 0 Å². The number of hydrogen-bond donors (Lipinski definition) is 3. The molecule has 0 saturated heterocycles. The second-order valence-corrected chi connectivity index (χ2v) is 6.41. The zero-order valence-corrected chi connectivity index (χ0v) is 20.4. The van der Waals surface area contributed by atoms with E-state index >= 15 is 0 Å². The first kappa shape index (κ1) is 30.4. The van der Waals surface area contributed by atoms with Gasteiger partial charge >= 0.3 is 71.1 Å². The fourth-order valence-corrected chi connectivity index (χ4v) is 2.29. The van der Waals surface area contributed by atoms with Crippen molar-refractivity contribution in [2.75, 3.05) is 0 Å². The molecule has 0 atom stereocenters. The number of rotatable bonds is 5. The van der Waals surface area contributed by atoms with Crippen molar-refractivity contribution in [2.24, 2.45) is 0 Å². The zero-order chi connectivity index (χ0) is 21.6. The van der Waals surface area contributed by atoms with E-state index in [1.165, 1.54) is 0 Å². The minimum absolute atomic E-state index is 0. The van der Waals surface area contributed by atoms with Gasteiger partial charge in [-0.3, -0.25) is 4.55 Å². The predicted molar refractivity (Wildman–Crippen MR) is 85.3 cm³/mol. The van der Waals surface area contributed by atoms with E-state index in [0.717, 1.165) is 30.3 Å². The Balaban J connectivity index is 0. The van der Waals surface area contributed by atoms with Crippen molar-refractivity contribution in [2.45, 2.75) is 4.90 Å². The molecule has 2 rings (SSSR count). The third kappa shape index (κ3) is 9.36. The Labute approximate surface area is 213 Å². The predicted octanol–water partition coefficient (Wildman–Crippen LogP) is -7.25. The maximum Gasteiger partial charge on any atom is 1.00 e. The molecule has 0 aliphatic rings. The van der Waals surface area contributed by atoms with Crippen LogP contribution in [0, 0.1) is 0 Å². The molecule has 30 heavy (non-hydrogen) atoms. The van der Waals surface area contributed by atoms with E-state index in [4.69, 9.17) is 14.8 Å². The molecule has 0 heterocycles. The van der Waals surface area contributed by atoms with Gasteiger partial charge in [0.25, 0.3) is 10.1 Å². The van der Waals surface area contributed by atoms with E-state index in [-0.39, 0.29) is 70.2 Å². The Hall–Kier alpha value is -1.77. The summed E-state index contributed by atoms with van der Waals surface area (Å²) < 4.78 is 30.2. The summed E-state index contributed by atoms with van der Waals surface area (Å²) in [5.41, 5.74) is -1.18. The molecule has 0 aliphatic heterocycles. The molecule has 0 radical (unpaired) electrons. The van der Waals surface area contributed by atoms with Gasteiger partial charge in [-0.1, -0.05) is 24.3 Å². The van der Waals surface area contributed by atoms with Crippen LogP contribution in [0.3, 0.4) is 0 Å². The van der Waals surface area contributed by atoms with Crippen LogP contribution in [-0.2, 0) is 10.1 Å². The first-order chi connectivity index (χ1) is 12.8. The molecule has 0 bridgehead atoms. The van der Waals surface area contributed by atoms with Crippen LogP contribution in [0.4, 0.5) is 0 Å². The fourth-order valence-electron chi connectivity index (χ4n) is 1.74. The van der Waals surface area contributed by atoms with Gasteiger partial charge < -0.3 is 30.0 Å². The van der Waals surface area contributed by atoms with Crippen LogP contribution in [0.5, 0.6) is 0 Å². The molecular formula is C16H10Na2O11S. The molecule has 0 fully saturated rings. The molecular weight excluding hydrogens is 446 g/mol. The van der Waals surface area contributed by atoms with E-state index in [1.54, 1.807) is 0 Å². The van der Waals surface area contributed by atoms with Crippen molar-refractivity contribution in [1.29, 1.82) is 0 Å². The van der Waals surface area contributed by atoms with Crippen LogP contribution in [0.15, 0.2) is 47.4 Å².